The highest BCUT2D eigenvalue weighted by Crippen LogP contribution is 2.03. The number of Topliss-reactive ketones (excluding diaryl/α,β-unsaturated/α-hetero) is 1. The van der Waals surface area contributed by atoms with E-state index in [-0.39, 0.29) is 11.9 Å². The molecule has 0 aliphatic heterocycles. The lowest BCUT2D eigenvalue weighted by Crippen LogP contribution is -1.85. The van der Waals surface area contributed by atoms with Crippen molar-refractivity contribution in [1.29, 1.82) is 0 Å². The van der Waals surface area contributed by atoms with Gasteiger partial charge in [-0.1, -0.05) is 34.8 Å². The monoisotopic (exact) mass is 236 g/mol. The Morgan fingerprint density at radius 1 is 1.17 bits per heavy atom. The van der Waals surface area contributed by atoms with E-state index in [0.29, 0.717) is 0 Å². The van der Waals surface area contributed by atoms with Crippen LogP contribution in [-0.2, 0) is 4.79 Å². The maximum absolute atomic E-state index is 9.44. The molecule has 0 rings (SSSR count). The van der Waals surface area contributed by atoms with Gasteiger partial charge in [-0.2, -0.15) is 0 Å². The summed E-state index contributed by atoms with van der Waals surface area (Å²) in [7, 11) is 0. The number of aliphatic hydroxyl groups is 1. The summed E-state index contributed by atoms with van der Waals surface area (Å²) < 4.78 is -0.750. The van der Waals surface area contributed by atoms with Gasteiger partial charge in [0.1, 0.15) is 5.78 Å². The molecule has 0 amide bonds. The van der Waals surface area contributed by atoms with E-state index in [4.69, 9.17) is 39.9 Å². The Bertz CT molecular complexity index is 79.1. The zero-order valence-corrected chi connectivity index (χ0v) is 9.91. The maximum atomic E-state index is 9.44. The van der Waals surface area contributed by atoms with Crippen LogP contribution < -0.4 is 0 Å². The molecule has 0 aromatic heterocycles. The van der Waals surface area contributed by atoms with Gasteiger partial charge in [0.25, 0.3) is 0 Å². The minimum absolute atomic E-state index is 0.167. The molecule has 12 heavy (non-hydrogen) atoms. The number of hydrogen-bond donors (Lipinski definition) is 1. The highest BCUT2D eigenvalue weighted by molar-refractivity contribution is 6.63. The normalized spacial score (nSPS) is 8.17. The molecular formula is C7H15Cl3O2. The van der Waals surface area contributed by atoms with Crippen molar-refractivity contribution in [2.75, 3.05) is 0 Å². The Morgan fingerprint density at radius 2 is 1.17 bits per heavy atom. The molecular weight excluding hydrogens is 222 g/mol. The van der Waals surface area contributed by atoms with Crippen molar-refractivity contribution < 1.29 is 9.90 Å². The van der Waals surface area contributed by atoms with E-state index in [2.05, 4.69) is 0 Å². The van der Waals surface area contributed by atoms with Gasteiger partial charge in [-0.25, -0.2) is 0 Å². The summed E-state index contributed by atoms with van der Waals surface area (Å²) >= 11 is 14.4. The van der Waals surface area contributed by atoms with Crippen molar-refractivity contribution >= 4 is 40.6 Å². The lowest BCUT2D eigenvalue weighted by Gasteiger charge is -1.80. The standard InChI is InChI=1S/C3H8O.C3H6O.CHCl3/c2*1-3(2)4;2-1(3)4/h3-4H,1-2H3;1-2H3;1H. The molecule has 0 atom stereocenters. The van der Waals surface area contributed by atoms with Gasteiger partial charge in [-0.15, -0.1) is 0 Å². The number of hydrogen-bond acceptors (Lipinski definition) is 2. The van der Waals surface area contributed by atoms with Gasteiger partial charge in [-0.3, -0.25) is 0 Å². The summed E-state index contributed by atoms with van der Waals surface area (Å²) in [5.74, 6) is 0.167. The molecule has 0 radical (unpaired) electrons. The molecule has 0 saturated heterocycles. The third-order valence-electron chi connectivity index (χ3n) is 0. The fourth-order valence-electron chi connectivity index (χ4n) is 0. The van der Waals surface area contributed by atoms with Crippen molar-refractivity contribution in [1.82, 2.24) is 0 Å². The molecule has 2 nitrogen and oxygen atoms in total. The van der Waals surface area contributed by atoms with Crippen LogP contribution >= 0.6 is 34.8 Å². The molecule has 1 N–H and O–H groups in total. The van der Waals surface area contributed by atoms with Crippen molar-refractivity contribution in [3.05, 3.63) is 0 Å². The SMILES string of the molecule is CC(C)=O.CC(C)O.ClC(Cl)Cl. The Hall–Kier alpha value is 0.500. The van der Waals surface area contributed by atoms with Gasteiger partial charge in [0.2, 0.25) is 0 Å². The Morgan fingerprint density at radius 3 is 1.17 bits per heavy atom. The molecule has 76 valence electrons. The summed E-state index contributed by atoms with van der Waals surface area (Å²) in [6.45, 7) is 6.50. The van der Waals surface area contributed by atoms with Crippen LogP contribution in [0.2, 0.25) is 0 Å². The van der Waals surface area contributed by atoms with Gasteiger partial charge in [0.05, 0.1) is 0 Å². The second kappa shape index (κ2) is 14.0. The Kier molecular flexibility index (Phi) is 21.4. The van der Waals surface area contributed by atoms with E-state index in [1.807, 2.05) is 0 Å². The van der Waals surface area contributed by atoms with Gasteiger partial charge in [-0.05, 0) is 27.7 Å². The minimum Gasteiger partial charge on any atom is -0.394 e. The highest BCUT2D eigenvalue weighted by Gasteiger charge is 1.78. The minimum atomic E-state index is -0.750. The largest absolute Gasteiger partial charge is 0.394 e. The summed E-state index contributed by atoms with van der Waals surface area (Å²) in [6.07, 6.45) is -0.167. The van der Waals surface area contributed by atoms with Crippen LogP contribution in [0.25, 0.3) is 0 Å². The van der Waals surface area contributed by atoms with Crippen LogP contribution in [0.15, 0.2) is 0 Å². The lowest BCUT2D eigenvalue weighted by molar-refractivity contribution is -0.114. The first-order valence-corrected chi connectivity index (χ1v) is 4.58. The zero-order chi connectivity index (χ0) is 10.7. The van der Waals surface area contributed by atoms with Crippen LogP contribution in [0.4, 0.5) is 0 Å². The molecule has 0 aliphatic carbocycles. The second-order valence-electron chi connectivity index (χ2n) is 2.25. The molecule has 0 unspecified atom stereocenters. The molecule has 0 saturated carbocycles. The van der Waals surface area contributed by atoms with Gasteiger partial charge >= 0.3 is 0 Å². The van der Waals surface area contributed by atoms with Gasteiger partial charge < -0.3 is 9.90 Å². The molecule has 0 heterocycles. The second-order valence-corrected chi connectivity index (χ2v) is 4.23. The fourth-order valence-corrected chi connectivity index (χ4v) is 0. The number of alkyl halides is 3. The van der Waals surface area contributed by atoms with Crippen molar-refractivity contribution in [3.8, 4) is 0 Å². The first kappa shape index (κ1) is 18.3. The third-order valence-corrected chi connectivity index (χ3v) is 0. The number of aliphatic hydroxyl groups excluding tert-OH is 1. The first-order valence-electron chi connectivity index (χ1n) is 3.27. The van der Waals surface area contributed by atoms with Crippen LogP contribution in [0.3, 0.4) is 0 Å². The predicted molar refractivity (Wildman–Crippen MR) is 55.1 cm³/mol. The summed E-state index contributed by atoms with van der Waals surface area (Å²) in [4.78, 5) is 9.44. The van der Waals surface area contributed by atoms with E-state index < -0.39 is 4.30 Å². The van der Waals surface area contributed by atoms with Gasteiger partial charge in [0, 0.05) is 6.10 Å². The lowest BCUT2D eigenvalue weighted by atomic mass is 10.5. The van der Waals surface area contributed by atoms with E-state index >= 15 is 0 Å². The number of carbonyl (C=O) groups excluding carboxylic acids is 1. The van der Waals surface area contributed by atoms with E-state index in [1.54, 1.807) is 13.8 Å². The van der Waals surface area contributed by atoms with Crippen LogP contribution in [0.1, 0.15) is 27.7 Å². The maximum Gasteiger partial charge on any atom is 0.180 e. The van der Waals surface area contributed by atoms with Crippen LogP contribution in [0, 0.1) is 0 Å². The number of rotatable bonds is 0. The molecule has 0 aliphatic rings. The smallest absolute Gasteiger partial charge is 0.180 e. The summed E-state index contributed by atoms with van der Waals surface area (Å²) in [5, 5.41) is 8.06. The highest BCUT2D eigenvalue weighted by atomic mass is 35.6. The summed E-state index contributed by atoms with van der Waals surface area (Å²) in [5.41, 5.74) is 0. The number of carbonyl (C=O) groups is 1. The predicted octanol–water partition coefficient (Wildman–Crippen LogP) is 2.97. The molecule has 0 fully saturated rings. The van der Waals surface area contributed by atoms with E-state index in [1.165, 1.54) is 13.8 Å². The molecule has 0 aromatic rings. The quantitative estimate of drug-likeness (QED) is 0.658. The summed E-state index contributed by atoms with van der Waals surface area (Å²) in [6, 6.07) is 0. The van der Waals surface area contributed by atoms with Crippen LogP contribution in [-0.4, -0.2) is 21.3 Å². The van der Waals surface area contributed by atoms with Crippen LogP contribution in [0.5, 0.6) is 0 Å². The molecule has 0 aromatic carbocycles. The number of halogens is 3. The Labute approximate surface area is 88.8 Å². The van der Waals surface area contributed by atoms with Crippen molar-refractivity contribution in [2.45, 2.75) is 38.1 Å². The average Bonchev–Trinajstić information content (AvgIpc) is 1.54. The van der Waals surface area contributed by atoms with Gasteiger partial charge in [0.15, 0.2) is 4.30 Å². The molecule has 5 heteroatoms. The third kappa shape index (κ3) is 3790. The van der Waals surface area contributed by atoms with Crippen molar-refractivity contribution in [2.24, 2.45) is 0 Å². The first-order chi connectivity index (χ1) is 5.20. The van der Waals surface area contributed by atoms with E-state index in [9.17, 15) is 4.79 Å². The topological polar surface area (TPSA) is 37.3 Å². The molecule has 0 spiro atoms. The fraction of sp³-hybridized carbons (Fsp3) is 0.857. The average molecular weight is 238 g/mol. The number of ketones is 1. The van der Waals surface area contributed by atoms with Crippen molar-refractivity contribution in [3.63, 3.8) is 0 Å². The Balaban J connectivity index is -0.000000101. The zero-order valence-electron chi connectivity index (χ0n) is 7.64. The van der Waals surface area contributed by atoms with E-state index in [0.717, 1.165) is 0 Å². The molecule has 0 bridgehead atoms.